The minimum absolute atomic E-state index is 0.0917. The minimum Gasteiger partial charge on any atom is -0.461 e. The molecular weight excluding hydrogens is 276 g/mol. The Hall–Kier alpha value is -1.89. The van der Waals surface area contributed by atoms with Gasteiger partial charge < -0.3 is 14.2 Å². The van der Waals surface area contributed by atoms with E-state index in [0.717, 1.165) is 19.3 Å². The monoisotopic (exact) mass is 296 g/mol. The van der Waals surface area contributed by atoms with Crippen molar-refractivity contribution in [3.05, 3.63) is 17.5 Å². The van der Waals surface area contributed by atoms with Gasteiger partial charge in [-0.1, -0.05) is 0 Å². The van der Waals surface area contributed by atoms with Gasteiger partial charge in [-0.2, -0.15) is 5.10 Å². The summed E-state index contributed by atoms with van der Waals surface area (Å²) in [6.45, 7) is 4.56. The third kappa shape index (κ3) is 3.60. The zero-order chi connectivity index (χ0) is 15.2. The van der Waals surface area contributed by atoms with Crippen LogP contribution in [0.15, 0.2) is 6.07 Å². The van der Waals surface area contributed by atoms with Crippen molar-refractivity contribution in [1.29, 1.82) is 0 Å². The molecule has 1 aliphatic rings. The van der Waals surface area contributed by atoms with Crippen molar-refractivity contribution in [2.24, 2.45) is 0 Å². The summed E-state index contributed by atoms with van der Waals surface area (Å²) in [5.74, 6) is -1.08. The van der Waals surface area contributed by atoms with Crippen LogP contribution < -0.4 is 0 Å². The molecule has 1 aromatic heterocycles. The van der Waals surface area contributed by atoms with E-state index in [0.29, 0.717) is 6.61 Å². The van der Waals surface area contributed by atoms with Gasteiger partial charge in [-0.25, -0.2) is 14.3 Å². The van der Waals surface area contributed by atoms with E-state index in [-0.39, 0.29) is 30.8 Å². The summed E-state index contributed by atoms with van der Waals surface area (Å²) in [6, 6.07) is 1.40. The van der Waals surface area contributed by atoms with Gasteiger partial charge in [0.1, 0.15) is 5.69 Å². The molecule has 1 saturated heterocycles. The van der Waals surface area contributed by atoms with Gasteiger partial charge in [0.05, 0.1) is 13.2 Å². The van der Waals surface area contributed by atoms with E-state index in [1.807, 2.05) is 0 Å². The van der Waals surface area contributed by atoms with Gasteiger partial charge in [-0.15, -0.1) is 0 Å². The molecule has 2 rings (SSSR count). The van der Waals surface area contributed by atoms with Gasteiger partial charge in [0.15, 0.2) is 11.9 Å². The molecule has 0 amide bonds. The zero-order valence-electron chi connectivity index (χ0n) is 12.3. The van der Waals surface area contributed by atoms with Gasteiger partial charge in [-0.05, 0) is 33.1 Å². The molecule has 1 unspecified atom stereocenters. The molecule has 0 aromatic carbocycles. The van der Waals surface area contributed by atoms with E-state index in [2.05, 4.69) is 5.10 Å². The number of carbonyl (C=O) groups is 2. The van der Waals surface area contributed by atoms with Gasteiger partial charge in [-0.3, -0.25) is 0 Å². The van der Waals surface area contributed by atoms with Crippen LogP contribution >= 0.6 is 0 Å². The van der Waals surface area contributed by atoms with E-state index in [4.69, 9.17) is 14.2 Å². The molecule has 7 nitrogen and oxygen atoms in total. The lowest BCUT2D eigenvalue weighted by molar-refractivity contribution is -0.0419. The van der Waals surface area contributed by atoms with Gasteiger partial charge in [0.2, 0.25) is 0 Å². The number of rotatable bonds is 5. The number of hydrogen-bond donors (Lipinski definition) is 0. The molecule has 2 heterocycles. The smallest absolute Gasteiger partial charge is 0.358 e. The Morgan fingerprint density at radius 2 is 2.00 bits per heavy atom. The maximum atomic E-state index is 12.0. The van der Waals surface area contributed by atoms with Crippen molar-refractivity contribution in [1.82, 2.24) is 9.78 Å². The summed E-state index contributed by atoms with van der Waals surface area (Å²) in [4.78, 5) is 23.8. The first kappa shape index (κ1) is 15.5. The van der Waals surface area contributed by atoms with E-state index >= 15 is 0 Å². The highest BCUT2D eigenvalue weighted by Crippen LogP contribution is 2.24. The average molecular weight is 296 g/mol. The van der Waals surface area contributed by atoms with Crippen LogP contribution in [-0.4, -0.2) is 41.5 Å². The summed E-state index contributed by atoms with van der Waals surface area (Å²) in [7, 11) is 0. The lowest BCUT2D eigenvalue weighted by Gasteiger charge is -2.23. The SMILES string of the molecule is CCOC(=O)c1cc(C(=O)OCC)n(C2CCCCO2)n1. The van der Waals surface area contributed by atoms with Crippen LogP contribution in [0.5, 0.6) is 0 Å². The lowest BCUT2D eigenvalue weighted by atomic mass is 10.2. The maximum Gasteiger partial charge on any atom is 0.358 e. The molecule has 21 heavy (non-hydrogen) atoms. The zero-order valence-corrected chi connectivity index (χ0v) is 12.3. The van der Waals surface area contributed by atoms with Gasteiger partial charge >= 0.3 is 11.9 Å². The Kier molecular flexibility index (Phi) is 5.32. The van der Waals surface area contributed by atoms with Crippen molar-refractivity contribution in [3.8, 4) is 0 Å². The molecule has 0 radical (unpaired) electrons. The Bertz CT molecular complexity index is 505. The molecule has 0 N–H and O–H groups in total. The summed E-state index contributed by atoms with van der Waals surface area (Å²) < 4.78 is 17.0. The predicted octanol–water partition coefficient (Wildman–Crippen LogP) is 1.94. The van der Waals surface area contributed by atoms with Crippen LogP contribution in [0.2, 0.25) is 0 Å². The average Bonchev–Trinajstić information content (AvgIpc) is 2.94. The summed E-state index contributed by atoms with van der Waals surface area (Å²) in [6.07, 6.45) is 2.37. The second-order valence-corrected chi connectivity index (χ2v) is 4.62. The highest BCUT2D eigenvalue weighted by atomic mass is 16.5. The van der Waals surface area contributed by atoms with Crippen LogP contribution in [0.1, 0.15) is 60.3 Å². The van der Waals surface area contributed by atoms with E-state index in [1.54, 1.807) is 13.8 Å². The Morgan fingerprint density at radius 3 is 2.62 bits per heavy atom. The fourth-order valence-corrected chi connectivity index (χ4v) is 2.19. The third-order valence-corrected chi connectivity index (χ3v) is 3.13. The first-order valence-corrected chi connectivity index (χ1v) is 7.22. The predicted molar refractivity (Wildman–Crippen MR) is 73.0 cm³/mol. The molecule has 0 spiro atoms. The molecule has 7 heteroatoms. The Morgan fingerprint density at radius 1 is 1.29 bits per heavy atom. The largest absolute Gasteiger partial charge is 0.461 e. The lowest BCUT2D eigenvalue weighted by Crippen LogP contribution is -2.23. The maximum absolute atomic E-state index is 12.0. The standard InChI is InChI=1S/C14H20N2O5/c1-3-19-13(17)10-9-11(14(18)20-4-2)16(15-10)12-7-5-6-8-21-12/h9,12H,3-8H2,1-2H3. The Labute approximate surface area is 123 Å². The summed E-state index contributed by atoms with van der Waals surface area (Å²) >= 11 is 0. The number of nitrogens with zero attached hydrogens (tertiary/aromatic N) is 2. The molecule has 1 aromatic rings. The molecule has 1 fully saturated rings. The quantitative estimate of drug-likeness (QED) is 0.772. The Balaban J connectivity index is 2.30. The number of aromatic nitrogens is 2. The number of carbonyl (C=O) groups excluding carboxylic acids is 2. The van der Waals surface area contributed by atoms with E-state index in [1.165, 1.54) is 10.7 Å². The van der Waals surface area contributed by atoms with Crippen molar-refractivity contribution in [3.63, 3.8) is 0 Å². The second kappa shape index (κ2) is 7.21. The number of ether oxygens (including phenoxy) is 3. The fraction of sp³-hybridized carbons (Fsp3) is 0.643. The molecule has 0 bridgehead atoms. The van der Waals surface area contributed by atoms with Crippen LogP contribution in [0.25, 0.3) is 0 Å². The van der Waals surface area contributed by atoms with Crippen molar-refractivity contribution in [2.45, 2.75) is 39.3 Å². The van der Waals surface area contributed by atoms with Crippen LogP contribution in [-0.2, 0) is 14.2 Å². The number of hydrogen-bond acceptors (Lipinski definition) is 6. The van der Waals surface area contributed by atoms with Crippen molar-refractivity contribution >= 4 is 11.9 Å². The normalized spacial score (nSPS) is 18.3. The van der Waals surface area contributed by atoms with Crippen molar-refractivity contribution < 1.29 is 23.8 Å². The highest BCUT2D eigenvalue weighted by Gasteiger charge is 2.27. The van der Waals surface area contributed by atoms with E-state index in [9.17, 15) is 9.59 Å². The van der Waals surface area contributed by atoms with Crippen LogP contribution in [0.4, 0.5) is 0 Å². The first-order chi connectivity index (χ1) is 10.2. The highest BCUT2D eigenvalue weighted by molar-refractivity contribution is 5.93. The van der Waals surface area contributed by atoms with Crippen molar-refractivity contribution in [2.75, 3.05) is 19.8 Å². The summed E-state index contributed by atoms with van der Waals surface area (Å²) in [5.41, 5.74) is 0.306. The first-order valence-electron chi connectivity index (χ1n) is 7.22. The fourth-order valence-electron chi connectivity index (χ4n) is 2.19. The van der Waals surface area contributed by atoms with E-state index < -0.39 is 11.9 Å². The molecule has 1 aliphatic heterocycles. The van der Waals surface area contributed by atoms with Crippen LogP contribution in [0.3, 0.4) is 0 Å². The molecule has 116 valence electrons. The third-order valence-electron chi connectivity index (χ3n) is 3.13. The molecule has 1 atom stereocenters. The van der Waals surface area contributed by atoms with Crippen LogP contribution in [0, 0.1) is 0 Å². The summed E-state index contributed by atoms with van der Waals surface area (Å²) in [5, 5.41) is 4.17. The number of esters is 2. The second-order valence-electron chi connectivity index (χ2n) is 4.62. The molecule has 0 saturated carbocycles. The molecule has 0 aliphatic carbocycles. The molecular formula is C14H20N2O5. The minimum atomic E-state index is -0.558. The topological polar surface area (TPSA) is 79.7 Å². The van der Waals surface area contributed by atoms with Gasteiger partial charge in [0.25, 0.3) is 0 Å². The van der Waals surface area contributed by atoms with Gasteiger partial charge in [0, 0.05) is 12.7 Å².